The van der Waals surface area contributed by atoms with Gasteiger partial charge in [-0.3, -0.25) is 4.79 Å². The molecule has 1 aromatic rings. The van der Waals surface area contributed by atoms with Crippen molar-refractivity contribution in [3.63, 3.8) is 0 Å². The first-order valence-electron chi connectivity index (χ1n) is 4.87. The molecule has 0 saturated carbocycles. The maximum Gasteiger partial charge on any atom is 0.246 e. The summed E-state index contributed by atoms with van der Waals surface area (Å²) in [7, 11) is 0. The number of unbranched alkanes of at least 4 members (excludes halogenated alkanes) is 3. The van der Waals surface area contributed by atoms with Gasteiger partial charge in [0.25, 0.3) is 0 Å². The zero-order chi connectivity index (χ0) is 9.52. The third-order valence-electron chi connectivity index (χ3n) is 2.00. The summed E-state index contributed by atoms with van der Waals surface area (Å²) in [6.07, 6.45) is 8.48. The number of carbonyl (C=O) groups is 1. The Bertz CT molecular complexity index is 241. The van der Waals surface area contributed by atoms with Crippen LogP contribution in [0, 0.1) is 0 Å². The fourth-order valence-electron chi connectivity index (χ4n) is 1.23. The molecule has 1 aromatic heterocycles. The second kappa shape index (κ2) is 5.51. The molecule has 0 saturated heterocycles. The van der Waals surface area contributed by atoms with E-state index >= 15 is 0 Å². The zero-order valence-electron chi connectivity index (χ0n) is 8.07. The standard InChI is InChI=1S/C10H16N2O/c1-2-3-4-5-7-10(13)12-9-6-8-11-12/h6,8-9H,2-5,7H2,1H3. The highest BCUT2D eigenvalue weighted by Gasteiger charge is 2.02. The molecule has 13 heavy (non-hydrogen) atoms. The maximum atomic E-state index is 11.4. The minimum absolute atomic E-state index is 0.0982. The molecular weight excluding hydrogens is 164 g/mol. The predicted octanol–water partition coefficient (Wildman–Crippen LogP) is 2.49. The quantitative estimate of drug-likeness (QED) is 0.652. The van der Waals surface area contributed by atoms with Crippen LogP contribution < -0.4 is 0 Å². The van der Waals surface area contributed by atoms with E-state index in [1.54, 1.807) is 18.5 Å². The number of carbonyl (C=O) groups excluding carboxylic acids is 1. The van der Waals surface area contributed by atoms with Gasteiger partial charge in [-0.2, -0.15) is 5.10 Å². The number of rotatable bonds is 5. The average Bonchev–Trinajstić information content (AvgIpc) is 2.65. The number of nitrogens with zero attached hydrogens (tertiary/aromatic N) is 2. The third-order valence-corrected chi connectivity index (χ3v) is 2.00. The van der Waals surface area contributed by atoms with Gasteiger partial charge in [0.05, 0.1) is 0 Å². The van der Waals surface area contributed by atoms with Gasteiger partial charge in [-0.25, -0.2) is 4.68 Å². The highest BCUT2D eigenvalue weighted by Crippen LogP contribution is 2.03. The average molecular weight is 180 g/mol. The Morgan fingerprint density at radius 3 is 2.85 bits per heavy atom. The van der Waals surface area contributed by atoms with Crippen LogP contribution in [0.15, 0.2) is 18.5 Å². The number of hydrogen-bond acceptors (Lipinski definition) is 2. The van der Waals surface area contributed by atoms with Crippen LogP contribution in [-0.2, 0) is 0 Å². The Morgan fingerprint density at radius 2 is 2.23 bits per heavy atom. The van der Waals surface area contributed by atoms with Gasteiger partial charge >= 0.3 is 0 Å². The SMILES string of the molecule is CCCCCCC(=O)n1cccn1. The molecule has 1 rings (SSSR count). The van der Waals surface area contributed by atoms with E-state index < -0.39 is 0 Å². The first-order valence-corrected chi connectivity index (χ1v) is 4.87. The van der Waals surface area contributed by atoms with Crippen LogP contribution in [0.4, 0.5) is 0 Å². The van der Waals surface area contributed by atoms with E-state index in [1.807, 2.05) is 0 Å². The van der Waals surface area contributed by atoms with Gasteiger partial charge in [-0.1, -0.05) is 26.2 Å². The molecule has 0 fully saturated rings. The molecule has 1 heterocycles. The van der Waals surface area contributed by atoms with Crippen LogP contribution in [0.2, 0.25) is 0 Å². The van der Waals surface area contributed by atoms with Crippen molar-refractivity contribution >= 4 is 5.91 Å². The maximum absolute atomic E-state index is 11.4. The summed E-state index contributed by atoms with van der Waals surface area (Å²) in [4.78, 5) is 11.4. The minimum Gasteiger partial charge on any atom is -0.273 e. The Labute approximate surface area is 78.8 Å². The molecule has 3 nitrogen and oxygen atoms in total. The molecule has 72 valence electrons. The van der Waals surface area contributed by atoms with E-state index in [9.17, 15) is 4.79 Å². The molecule has 3 heteroatoms. The molecule has 0 aliphatic carbocycles. The fraction of sp³-hybridized carbons (Fsp3) is 0.600. The Kier molecular flexibility index (Phi) is 4.23. The first kappa shape index (κ1) is 9.96. The number of hydrogen-bond donors (Lipinski definition) is 0. The van der Waals surface area contributed by atoms with Gasteiger partial charge < -0.3 is 0 Å². The summed E-state index contributed by atoms with van der Waals surface area (Å²) in [5.74, 6) is 0.0982. The van der Waals surface area contributed by atoms with E-state index in [0.717, 1.165) is 12.8 Å². The van der Waals surface area contributed by atoms with E-state index in [4.69, 9.17) is 0 Å². The molecule has 0 N–H and O–H groups in total. The summed E-state index contributed by atoms with van der Waals surface area (Å²) in [6, 6.07) is 1.77. The largest absolute Gasteiger partial charge is 0.273 e. The summed E-state index contributed by atoms with van der Waals surface area (Å²) >= 11 is 0. The second-order valence-corrected chi connectivity index (χ2v) is 3.16. The van der Waals surface area contributed by atoms with Crippen molar-refractivity contribution in [2.75, 3.05) is 0 Å². The molecule has 0 radical (unpaired) electrons. The first-order chi connectivity index (χ1) is 6.34. The van der Waals surface area contributed by atoms with Crippen molar-refractivity contribution in [3.05, 3.63) is 18.5 Å². The van der Waals surface area contributed by atoms with Crippen molar-refractivity contribution in [1.82, 2.24) is 9.78 Å². The fourth-order valence-corrected chi connectivity index (χ4v) is 1.23. The summed E-state index contributed by atoms with van der Waals surface area (Å²) < 4.78 is 1.41. The summed E-state index contributed by atoms with van der Waals surface area (Å²) in [5.41, 5.74) is 0. The molecule has 0 spiro atoms. The normalized spacial score (nSPS) is 10.2. The highest BCUT2D eigenvalue weighted by molar-refractivity contribution is 5.77. The molecule has 0 amide bonds. The van der Waals surface area contributed by atoms with Crippen LogP contribution >= 0.6 is 0 Å². The van der Waals surface area contributed by atoms with Crippen LogP contribution in [0.5, 0.6) is 0 Å². The Balaban J connectivity index is 2.19. The van der Waals surface area contributed by atoms with Gasteiger partial charge in [0.15, 0.2) is 0 Å². The minimum atomic E-state index is 0.0982. The highest BCUT2D eigenvalue weighted by atomic mass is 16.2. The van der Waals surface area contributed by atoms with Crippen molar-refractivity contribution in [2.45, 2.75) is 39.0 Å². The topological polar surface area (TPSA) is 34.9 Å². The van der Waals surface area contributed by atoms with Crippen molar-refractivity contribution in [3.8, 4) is 0 Å². The lowest BCUT2D eigenvalue weighted by molar-refractivity contribution is 0.0883. The smallest absolute Gasteiger partial charge is 0.246 e. The van der Waals surface area contributed by atoms with E-state index in [1.165, 1.54) is 17.5 Å². The van der Waals surface area contributed by atoms with Crippen LogP contribution in [-0.4, -0.2) is 15.7 Å². The Morgan fingerprint density at radius 1 is 1.38 bits per heavy atom. The summed E-state index contributed by atoms with van der Waals surface area (Å²) in [6.45, 7) is 2.16. The van der Waals surface area contributed by atoms with Gasteiger partial charge in [0, 0.05) is 18.8 Å². The van der Waals surface area contributed by atoms with Gasteiger partial charge in [-0.15, -0.1) is 0 Å². The lowest BCUT2D eigenvalue weighted by atomic mass is 10.1. The molecule has 0 aliphatic heterocycles. The molecule has 0 atom stereocenters. The molecule has 0 aromatic carbocycles. The third kappa shape index (κ3) is 3.40. The monoisotopic (exact) mass is 180 g/mol. The van der Waals surface area contributed by atoms with Crippen LogP contribution in [0.3, 0.4) is 0 Å². The van der Waals surface area contributed by atoms with Crippen molar-refractivity contribution in [2.24, 2.45) is 0 Å². The van der Waals surface area contributed by atoms with Crippen LogP contribution in [0.1, 0.15) is 43.8 Å². The van der Waals surface area contributed by atoms with Gasteiger partial charge in [0.1, 0.15) is 0 Å². The van der Waals surface area contributed by atoms with Gasteiger partial charge in [-0.05, 0) is 12.5 Å². The molecular formula is C10H16N2O. The van der Waals surface area contributed by atoms with E-state index in [-0.39, 0.29) is 5.91 Å². The van der Waals surface area contributed by atoms with Crippen molar-refractivity contribution in [1.29, 1.82) is 0 Å². The van der Waals surface area contributed by atoms with Crippen LogP contribution in [0.25, 0.3) is 0 Å². The lowest BCUT2D eigenvalue weighted by Crippen LogP contribution is -2.10. The van der Waals surface area contributed by atoms with Gasteiger partial charge in [0.2, 0.25) is 5.91 Å². The van der Waals surface area contributed by atoms with Crippen molar-refractivity contribution < 1.29 is 4.79 Å². The molecule has 0 unspecified atom stereocenters. The second-order valence-electron chi connectivity index (χ2n) is 3.16. The molecule has 0 bridgehead atoms. The predicted molar refractivity (Wildman–Crippen MR) is 51.6 cm³/mol. The summed E-state index contributed by atoms with van der Waals surface area (Å²) in [5, 5.41) is 3.88. The molecule has 0 aliphatic rings. The number of aromatic nitrogens is 2. The lowest BCUT2D eigenvalue weighted by Gasteiger charge is -1.99. The zero-order valence-corrected chi connectivity index (χ0v) is 8.07. The van der Waals surface area contributed by atoms with E-state index in [0.29, 0.717) is 6.42 Å². The van der Waals surface area contributed by atoms with E-state index in [2.05, 4.69) is 12.0 Å². The Hall–Kier alpha value is -1.12.